The Balaban J connectivity index is 1.84. The summed E-state index contributed by atoms with van der Waals surface area (Å²) in [5, 5.41) is 9.56. The van der Waals surface area contributed by atoms with Gasteiger partial charge < -0.3 is 5.11 Å². The van der Waals surface area contributed by atoms with E-state index in [2.05, 4.69) is 0 Å². The van der Waals surface area contributed by atoms with Gasteiger partial charge in [-0.15, -0.1) is 0 Å². The van der Waals surface area contributed by atoms with Gasteiger partial charge in [0, 0.05) is 0 Å². The van der Waals surface area contributed by atoms with Gasteiger partial charge in [-0.25, -0.2) is 5.48 Å². The van der Waals surface area contributed by atoms with E-state index in [9.17, 15) is 18.7 Å². The van der Waals surface area contributed by atoms with Crippen molar-refractivity contribution in [3.63, 3.8) is 0 Å². The molecule has 0 spiro atoms. The van der Waals surface area contributed by atoms with Crippen LogP contribution < -0.4 is 5.48 Å². The van der Waals surface area contributed by atoms with E-state index in [1.165, 1.54) is 0 Å². The molecule has 1 amide bonds. The fraction of sp³-hybridized carbons (Fsp3) is 0.462. The maximum atomic E-state index is 13.6. The van der Waals surface area contributed by atoms with Crippen molar-refractivity contribution < 1.29 is 23.5 Å². The molecule has 0 aromatic heterocycles. The Hall–Kier alpha value is -1.53. The number of benzene rings is 1. The summed E-state index contributed by atoms with van der Waals surface area (Å²) in [5.41, 5.74) is 0.212. The molecule has 0 bridgehead atoms. The van der Waals surface area contributed by atoms with Crippen molar-refractivity contribution in [1.82, 2.24) is 5.48 Å². The number of halogens is 2. The number of amides is 1. The average molecular weight is 271 g/mol. The van der Waals surface area contributed by atoms with Crippen LogP contribution in [0.3, 0.4) is 0 Å². The van der Waals surface area contributed by atoms with Gasteiger partial charge in [-0.05, 0) is 24.8 Å². The van der Waals surface area contributed by atoms with Gasteiger partial charge in [-0.2, -0.15) is 8.78 Å². The van der Waals surface area contributed by atoms with Crippen LogP contribution in [-0.4, -0.2) is 22.5 Å². The first kappa shape index (κ1) is 13.9. The molecule has 1 aliphatic rings. The van der Waals surface area contributed by atoms with Crippen molar-refractivity contribution in [3.8, 4) is 0 Å². The van der Waals surface area contributed by atoms with Crippen LogP contribution in [-0.2, 0) is 16.2 Å². The second kappa shape index (κ2) is 5.22. The highest BCUT2D eigenvalue weighted by Gasteiger charge is 2.61. The summed E-state index contributed by atoms with van der Waals surface area (Å²) in [6.45, 7) is -0.0128. The molecular formula is C13H15F2NO3. The average Bonchev–Trinajstić information content (AvgIpc) is 2.36. The van der Waals surface area contributed by atoms with Crippen molar-refractivity contribution in [2.45, 2.75) is 37.4 Å². The SMILES string of the molecule is O=C(NOCc1ccccc1)C(F)(F)C1(O)CCC1. The number of hydroxylamine groups is 1. The van der Waals surface area contributed by atoms with Gasteiger partial charge >= 0.3 is 11.8 Å². The summed E-state index contributed by atoms with van der Waals surface area (Å²) in [4.78, 5) is 16.1. The summed E-state index contributed by atoms with van der Waals surface area (Å²) >= 11 is 0. The highest BCUT2D eigenvalue weighted by molar-refractivity contribution is 5.84. The molecule has 0 unspecified atom stereocenters. The highest BCUT2D eigenvalue weighted by Crippen LogP contribution is 2.44. The Morgan fingerprint density at radius 3 is 2.53 bits per heavy atom. The first-order chi connectivity index (χ1) is 8.96. The Labute approximate surface area is 109 Å². The van der Waals surface area contributed by atoms with Crippen LogP contribution in [0.5, 0.6) is 0 Å². The third-order valence-electron chi connectivity index (χ3n) is 3.30. The zero-order chi connectivity index (χ0) is 13.9. The van der Waals surface area contributed by atoms with E-state index >= 15 is 0 Å². The molecule has 0 atom stereocenters. The van der Waals surface area contributed by atoms with Gasteiger partial charge in [-0.3, -0.25) is 9.63 Å². The maximum Gasteiger partial charge on any atom is 0.354 e. The van der Waals surface area contributed by atoms with Crippen molar-refractivity contribution >= 4 is 5.91 Å². The number of alkyl halides is 2. The molecule has 0 saturated heterocycles. The van der Waals surface area contributed by atoms with Gasteiger partial charge in [0.05, 0.1) is 6.61 Å². The third kappa shape index (κ3) is 2.74. The number of carbonyl (C=O) groups excluding carboxylic acids is 1. The smallest absolute Gasteiger partial charge is 0.354 e. The van der Waals surface area contributed by atoms with E-state index in [1.807, 2.05) is 6.07 Å². The van der Waals surface area contributed by atoms with Crippen molar-refractivity contribution in [2.24, 2.45) is 0 Å². The van der Waals surface area contributed by atoms with Crippen LogP contribution in [0.15, 0.2) is 30.3 Å². The summed E-state index contributed by atoms with van der Waals surface area (Å²) in [6, 6.07) is 8.83. The molecule has 1 saturated carbocycles. The summed E-state index contributed by atoms with van der Waals surface area (Å²) in [6.07, 6.45) is 0.336. The Kier molecular flexibility index (Phi) is 3.82. The molecule has 19 heavy (non-hydrogen) atoms. The number of hydrogen-bond donors (Lipinski definition) is 2. The molecular weight excluding hydrogens is 256 g/mol. The van der Waals surface area contributed by atoms with Crippen molar-refractivity contribution in [2.75, 3.05) is 0 Å². The van der Waals surface area contributed by atoms with Gasteiger partial charge in [-0.1, -0.05) is 30.3 Å². The number of hydrogen-bond acceptors (Lipinski definition) is 3. The van der Waals surface area contributed by atoms with Crippen LogP contribution in [0.2, 0.25) is 0 Å². The van der Waals surface area contributed by atoms with Gasteiger partial charge in [0.15, 0.2) is 0 Å². The highest BCUT2D eigenvalue weighted by atomic mass is 19.3. The van der Waals surface area contributed by atoms with Crippen LogP contribution in [0.1, 0.15) is 24.8 Å². The summed E-state index contributed by atoms with van der Waals surface area (Å²) < 4.78 is 27.3. The van der Waals surface area contributed by atoms with E-state index in [0.717, 1.165) is 5.56 Å². The zero-order valence-electron chi connectivity index (χ0n) is 10.2. The number of aliphatic hydroxyl groups is 1. The normalized spacial score (nSPS) is 17.6. The largest absolute Gasteiger partial charge is 0.383 e. The Bertz CT molecular complexity index is 446. The van der Waals surface area contributed by atoms with E-state index < -0.39 is 17.4 Å². The third-order valence-corrected chi connectivity index (χ3v) is 3.30. The predicted molar refractivity (Wildman–Crippen MR) is 63.1 cm³/mol. The molecule has 104 valence electrons. The molecule has 6 heteroatoms. The number of rotatable bonds is 5. The molecule has 0 heterocycles. The molecule has 2 N–H and O–H groups in total. The lowest BCUT2D eigenvalue weighted by Crippen LogP contribution is -2.60. The molecule has 1 aromatic carbocycles. The minimum absolute atomic E-state index is 0.0128. The monoisotopic (exact) mass is 271 g/mol. The van der Waals surface area contributed by atoms with Crippen molar-refractivity contribution in [3.05, 3.63) is 35.9 Å². The second-order valence-electron chi connectivity index (χ2n) is 4.66. The molecule has 1 aliphatic carbocycles. The minimum atomic E-state index is -3.83. The van der Waals surface area contributed by atoms with Gasteiger partial charge in [0.2, 0.25) is 0 Å². The van der Waals surface area contributed by atoms with E-state index in [0.29, 0.717) is 6.42 Å². The standard InChI is InChI=1S/C13H15F2NO3/c14-13(15,12(18)7-4-8-12)11(17)16-19-9-10-5-2-1-3-6-10/h1-3,5-6,18H,4,7-9H2,(H,16,17). The molecule has 0 aliphatic heterocycles. The summed E-state index contributed by atoms with van der Waals surface area (Å²) in [7, 11) is 0. The fourth-order valence-electron chi connectivity index (χ4n) is 1.86. The lowest BCUT2D eigenvalue weighted by Gasteiger charge is -2.41. The van der Waals surface area contributed by atoms with Gasteiger partial charge in [0.25, 0.3) is 0 Å². The lowest BCUT2D eigenvalue weighted by molar-refractivity contribution is -0.223. The van der Waals surface area contributed by atoms with E-state index in [4.69, 9.17) is 4.84 Å². The van der Waals surface area contributed by atoms with Crippen LogP contribution in [0.25, 0.3) is 0 Å². The number of nitrogens with one attached hydrogen (secondary N) is 1. The minimum Gasteiger partial charge on any atom is -0.383 e. The molecule has 0 radical (unpaired) electrons. The zero-order valence-corrected chi connectivity index (χ0v) is 10.2. The quantitative estimate of drug-likeness (QED) is 0.803. The first-order valence-electron chi connectivity index (χ1n) is 6.02. The predicted octanol–water partition coefficient (Wildman–Crippen LogP) is 1.78. The van der Waals surface area contributed by atoms with Crippen LogP contribution >= 0.6 is 0 Å². The van der Waals surface area contributed by atoms with Crippen molar-refractivity contribution in [1.29, 1.82) is 0 Å². The van der Waals surface area contributed by atoms with E-state index in [1.54, 1.807) is 29.7 Å². The second-order valence-corrected chi connectivity index (χ2v) is 4.66. The van der Waals surface area contributed by atoms with E-state index in [-0.39, 0.29) is 19.4 Å². The van der Waals surface area contributed by atoms with Crippen LogP contribution in [0.4, 0.5) is 8.78 Å². The topological polar surface area (TPSA) is 58.6 Å². The Morgan fingerprint density at radius 1 is 1.37 bits per heavy atom. The fourth-order valence-corrected chi connectivity index (χ4v) is 1.86. The molecule has 1 fully saturated rings. The maximum absolute atomic E-state index is 13.6. The molecule has 1 aromatic rings. The molecule has 4 nitrogen and oxygen atoms in total. The van der Waals surface area contributed by atoms with Crippen LogP contribution in [0, 0.1) is 0 Å². The number of carbonyl (C=O) groups is 1. The Morgan fingerprint density at radius 2 is 2.00 bits per heavy atom. The first-order valence-corrected chi connectivity index (χ1v) is 6.02. The molecule has 2 rings (SSSR count). The summed E-state index contributed by atoms with van der Waals surface area (Å²) in [5.74, 6) is -5.44. The van der Waals surface area contributed by atoms with Gasteiger partial charge in [0.1, 0.15) is 5.60 Å². The lowest BCUT2D eigenvalue weighted by atomic mass is 9.75.